The highest BCUT2D eigenvalue weighted by molar-refractivity contribution is 7.92. The van der Waals surface area contributed by atoms with Crippen LogP contribution >= 0.6 is 0 Å². The number of anilines is 2. The van der Waals surface area contributed by atoms with Crippen LogP contribution in [-0.4, -0.2) is 27.3 Å². The number of rotatable bonds is 6. The smallest absolute Gasteiger partial charge is 0.261 e. The van der Waals surface area contributed by atoms with Gasteiger partial charge >= 0.3 is 0 Å². The fraction of sp³-hybridized carbons (Fsp3) is 0.125. The van der Waals surface area contributed by atoms with Gasteiger partial charge in [-0.15, -0.1) is 0 Å². The first kappa shape index (κ1) is 18.3. The summed E-state index contributed by atoms with van der Waals surface area (Å²) in [5.41, 5.74) is 5.91. The SMILES string of the molecule is COc1ccc(S(=O)(=O)Nc2ccc(C(N)=O)cc2)cc1NC(C)=O. The number of nitrogens with one attached hydrogen (secondary N) is 2. The molecule has 0 fully saturated rings. The van der Waals surface area contributed by atoms with Gasteiger partial charge in [0.05, 0.1) is 17.7 Å². The van der Waals surface area contributed by atoms with Gasteiger partial charge in [-0.25, -0.2) is 8.42 Å². The van der Waals surface area contributed by atoms with Crippen molar-refractivity contribution < 1.29 is 22.7 Å². The highest BCUT2D eigenvalue weighted by Crippen LogP contribution is 2.28. The minimum Gasteiger partial charge on any atom is -0.495 e. The summed E-state index contributed by atoms with van der Waals surface area (Å²) in [6.45, 7) is 1.30. The summed E-state index contributed by atoms with van der Waals surface area (Å²) in [7, 11) is -2.49. The van der Waals surface area contributed by atoms with Crippen molar-refractivity contribution in [3.63, 3.8) is 0 Å². The molecule has 25 heavy (non-hydrogen) atoms. The Morgan fingerprint density at radius 1 is 1.08 bits per heavy atom. The molecule has 132 valence electrons. The van der Waals surface area contributed by atoms with Crippen molar-refractivity contribution in [2.24, 2.45) is 5.73 Å². The summed E-state index contributed by atoms with van der Waals surface area (Å²) in [5.74, 6) is -0.632. The van der Waals surface area contributed by atoms with Crippen LogP contribution in [0.15, 0.2) is 47.4 Å². The van der Waals surface area contributed by atoms with Crippen molar-refractivity contribution in [3.05, 3.63) is 48.0 Å². The van der Waals surface area contributed by atoms with Crippen molar-refractivity contribution in [3.8, 4) is 5.75 Å². The lowest BCUT2D eigenvalue weighted by atomic mass is 10.2. The average molecular weight is 363 g/mol. The molecule has 2 rings (SSSR count). The van der Waals surface area contributed by atoms with Gasteiger partial charge in [-0.05, 0) is 42.5 Å². The predicted octanol–water partition coefficient (Wildman–Crippen LogP) is 1.55. The third-order valence-electron chi connectivity index (χ3n) is 3.21. The van der Waals surface area contributed by atoms with E-state index < -0.39 is 15.9 Å². The van der Waals surface area contributed by atoms with Crippen LogP contribution in [0.1, 0.15) is 17.3 Å². The Balaban J connectivity index is 2.32. The maximum Gasteiger partial charge on any atom is 0.261 e. The molecule has 0 radical (unpaired) electrons. The fourth-order valence-corrected chi connectivity index (χ4v) is 3.14. The van der Waals surface area contributed by atoms with Crippen molar-refractivity contribution in [1.82, 2.24) is 0 Å². The Labute approximate surface area is 145 Å². The van der Waals surface area contributed by atoms with Crippen LogP contribution < -0.4 is 20.5 Å². The Kier molecular flexibility index (Phi) is 5.28. The lowest BCUT2D eigenvalue weighted by Crippen LogP contribution is -2.15. The van der Waals surface area contributed by atoms with Gasteiger partial charge < -0.3 is 15.8 Å². The number of sulfonamides is 1. The van der Waals surface area contributed by atoms with E-state index in [1.54, 1.807) is 0 Å². The van der Waals surface area contributed by atoms with Gasteiger partial charge in [0.1, 0.15) is 5.75 Å². The van der Waals surface area contributed by atoms with Crippen LogP contribution in [0.5, 0.6) is 5.75 Å². The normalized spacial score (nSPS) is 10.8. The summed E-state index contributed by atoms with van der Waals surface area (Å²) >= 11 is 0. The Morgan fingerprint density at radius 2 is 1.72 bits per heavy atom. The molecule has 0 aliphatic heterocycles. The van der Waals surface area contributed by atoms with Crippen LogP contribution in [0.4, 0.5) is 11.4 Å². The molecule has 2 aromatic carbocycles. The molecule has 0 saturated carbocycles. The minimum absolute atomic E-state index is 0.0592. The number of nitrogens with two attached hydrogens (primary N) is 1. The summed E-state index contributed by atoms with van der Waals surface area (Å²) in [6, 6.07) is 9.76. The van der Waals surface area contributed by atoms with Gasteiger partial charge in [-0.2, -0.15) is 0 Å². The van der Waals surface area contributed by atoms with Gasteiger partial charge in [0.25, 0.3) is 10.0 Å². The van der Waals surface area contributed by atoms with Crippen molar-refractivity contribution in [1.29, 1.82) is 0 Å². The van der Waals surface area contributed by atoms with Crippen LogP contribution in [0.3, 0.4) is 0 Å². The van der Waals surface area contributed by atoms with Gasteiger partial charge in [-0.3, -0.25) is 14.3 Å². The fourth-order valence-electron chi connectivity index (χ4n) is 2.06. The molecule has 0 aromatic heterocycles. The Bertz CT molecular complexity index is 908. The first-order chi connectivity index (χ1) is 11.7. The second-order valence-electron chi connectivity index (χ2n) is 5.09. The molecular weight excluding hydrogens is 346 g/mol. The zero-order valence-corrected chi connectivity index (χ0v) is 14.4. The molecule has 4 N–H and O–H groups in total. The van der Waals surface area contributed by atoms with Crippen LogP contribution in [0.2, 0.25) is 0 Å². The number of amides is 2. The molecule has 0 saturated heterocycles. The van der Waals surface area contributed by atoms with Crippen LogP contribution in [0.25, 0.3) is 0 Å². The molecule has 2 aromatic rings. The minimum atomic E-state index is -3.90. The number of hydrogen-bond donors (Lipinski definition) is 3. The number of ether oxygens (including phenoxy) is 1. The second kappa shape index (κ2) is 7.22. The molecule has 8 nitrogen and oxygen atoms in total. The zero-order valence-electron chi connectivity index (χ0n) is 13.6. The largest absolute Gasteiger partial charge is 0.495 e. The Morgan fingerprint density at radius 3 is 2.24 bits per heavy atom. The topological polar surface area (TPSA) is 128 Å². The van der Waals surface area contributed by atoms with E-state index in [1.165, 1.54) is 56.5 Å². The van der Waals surface area contributed by atoms with Crippen LogP contribution in [-0.2, 0) is 14.8 Å². The summed E-state index contributed by atoms with van der Waals surface area (Å²) in [5, 5.41) is 2.51. The maximum absolute atomic E-state index is 12.5. The standard InChI is InChI=1S/C16H17N3O5S/c1-10(20)18-14-9-13(7-8-15(14)24-2)25(22,23)19-12-5-3-11(4-6-12)16(17)21/h3-9,19H,1-2H3,(H2,17,21)(H,18,20). The number of benzene rings is 2. The molecule has 9 heteroatoms. The average Bonchev–Trinajstić information content (AvgIpc) is 2.54. The van der Waals surface area contributed by atoms with E-state index in [4.69, 9.17) is 10.5 Å². The number of primary amides is 1. The van der Waals surface area contributed by atoms with Gasteiger partial charge in [0.15, 0.2) is 0 Å². The van der Waals surface area contributed by atoms with E-state index in [0.29, 0.717) is 5.75 Å². The summed E-state index contributed by atoms with van der Waals surface area (Å²) in [6.07, 6.45) is 0. The van der Waals surface area contributed by atoms with Gasteiger partial charge in [-0.1, -0.05) is 0 Å². The number of carbonyl (C=O) groups is 2. The van der Waals surface area contributed by atoms with Crippen LogP contribution in [0, 0.1) is 0 Å². The monoisotopic (exact) mass is 363 g/mol. The number of methoxy groups -OCH3 is 1. The highest BCUT2D eigenvalue weighted by Gasteiger charge is 2.17. The second-order valence-corrected chi connectivity index (χ2v) is 6.77. The third kappa shape index (κ3) is 4.48. The van der Waals surface area contributed by atoms with E-state index in [1.807, 2.05) is 0 Å². The maximum atomic E-state index is 12.5. The molecular formula is C16H17N3O5S. The molecule has 0 heterocycles. The first-order valence-electron chi connectivity index (χ1n) is 7.11. The van der Waals surface area contributed by atoms with E-state index in [-0.39, 0.29) is 27.7 Å². The number of hydrogen-bond acceptors (Lipinski definition) is 5. The van der Waals surface area contributed by atoms with Gasteiger partial charge in [0.2, 0.25) is 11.8 Å². The van der Waals surface area contributed by atoms with E-state index in [2.05, 4.69) is 10.0 Å². The third-order valence-corrected chi connectivity index (χ3v) is 4.59. The first-order valence-corrected chi connectivity index (χ1v) is 8.59. The van der Waals surface area contributed by atoms with E-state index in [9.17, 15) is 18.0 Å². The van der Waals surface area contributed by atoms with Crippen molar-refractivity contribution in [2.75, 3.05) is 17.1 Å². The molecule has 0 spiro atoms. The molecule has 0 atom stereocenters. The van der Waals surface area contributed by atoms with E-state index in [0.717, 1.165) is 0 Å². The lowest BCUT2D eigenvalue weighted by Gasteiger charge is -2.13. The Hall–Kier alpha value is -3.07. The molecule has 0 unspecified atom stereocenters. The zero-order chi connectivity index (χ0) is 18.6. The number of carbonyl (C=O) groups excluding carboxylic acids is 2. The lowest BCUT2D eigenvalue weighted by molar-refractivity contribution is -0.114. The molecule has 2 amide bonds. The van der Waals surface area contributed by atoms with Crippen molar-refractivity contribution in [2.45, 2.75) is 11.8 Å². The predicted molar refractivity (Wildman–Crippen MR) is 93.1 cm³/mol. The summed E-state index contributed by atoms with van der Waals surface area (Å²) in [4.78, 5) is 22.2. The molecule has 0 aliphatic carbocycles. The molecule has 0 aliphatic rings. The quantitative estimate of drug-likeness (QED) is 0.717. The summed E-state index contributed by atoms with van der Waals surface area (Å²) < 4.78 is 32.5. The van der Waals surface area contributed by atoms with Gasteiger partial charge in [0, 0.05) is 18.2 Å². The molecule has 0 bridgehead atoms. The van der Waals surface area contributed by atoms with Crippen molar-refractivity contribution >= 4 is 33.2 Å². The van der Waals surface area contributed by atoms with E-state index >= 15 is 0 Å². The highest BCUT2D eigenvalue weighted by atomic mass is 32.2.